The molecule has 1 aliphatic rings. The molecule has 2 N–H and O–H groups in total. The van der Waals surface area contributed by atoms with Gasteiger partial charge in [-0.15, -0.1) is 0 Å². The summed E-state index contributed by atoms with van der Waals surface area (Å²) in [6, 6.07) is 7.12. The molecular formula is C15H23N3O2. The lowest BCUT2D eigenvalue weighted by molar-refractivity contribution is 0.143. The van der Waals surface area contributed by atoms with Crippen molar-refractivity contribution in [2.24, 2.45) is 0 Å². The standard InChI is InChI=1S/C15H23N3O2/c1-2-17-9-11-18(12-10-17)15(20)16-8-7-13-3-5-14(19)6-4-13/h3-6,19H,2,7-12H2,1H3,(H,16,20). The Bertz CT molecular complexity index is 425. The molecule has 0 bridgehead atoms. The van der Waals surface area contributed by atoms with Crippen LogP contribution in [-0.2, 0) is 6.42 Å². The number of aromatic hydroxyl groups is 1. The van der Waals surface area contributed by atoms with E-state index in [2.05, 4.69) is 17.1 Å². The summed E-state index contributed by atoms with van der Waals surface area (Å²) in [4.78, 5) is 16.2. The van der Waals surface area contributed by atoms with E-state index in [4.69, 9.17) is 0 Å². The highest BCUT2D eigenvalue weighted by atomic mass is 16.3. The van der Waals surface area contributed by atoms with Crippen LogP contribution < -0.4 is 5.32 Å². The topological polar surface area (TPSA) is 55.8 Å². The molecular weight excluding hydrogens is 254 g/mol. The number of likely N-dealkylation sites (N-methyl/N-ethyl adjacent to an activating group) is 1. The first-order valence-electron chi connectivity index (χ1n) is 7.22. The second kappa shape index (κ2) is 7.14. The third kappa shape index (κ3) is 4.13. The molecule has 0 atom stereocenters. The van der Waals surface area contributed by atoms with Crippen molar-refractivity contribution < 1.29 is 9.90 Å². The molecule has 1 aliphatic heterocycles. The van der Waals surface area contributed by atoms with E-state index in [1.165, 1.54) is 0 Å². The maximum atomic E-state index is 12.0. The summed E-state index contributed by atoms with van der Waals surface area (Å²) in [5.74, 6) is 0.270. The molecule has 0 aromatic heterocycles. The first-order valence-corrected chi connectivity index (χ1v) is 7.22. The number of benzene rings is 1. The molecule has 1 fully saturated rings. The number of carbonyl (C=O) groups is 1. The lowest BCUT2D eigenvalue weighted by Gasteiger charge is -2.34. The fraction of sp³-hybridized carbons (Fsp3) is 0.533. The Morgan fingerprint density at radius 2 is 1.85 bits per heavy atom. The van der Waals surface area contributed by atoms with E-state index in [9.17, 15) is 9.90 Å². The first kappa shape index (κ1) is 14.7. The highest BCUT2D eigenvalue weighted by Gasteiger charge is 2.19. The van der Waals surface area contributed by atoms with Crippen LogP contribution in [0.5, 0.6) is 5.75 Å². The van der Waals surface area contributed by atoms with E-state index in [-0.39, 0.29) is 11.8 Å². The van der Waals surface area contributed by atoms with Gasteiger partial charge in [0, 0.05) is 32.7 Å². The van der Waals surface area contributed by atoms with Crippen molar-refractivity contribution in [1.82, 2.24) is 15.1 Å². The van der Waals surface area contributed by atoms with Gasteiger partial charge >= 0.3 is 6.03 Å². The molecule has 0 unspecified atom stereocenters. The third-order valence-corrected chi connectivity index (χ3v) is 3.73. The van der Waals surface area contributed by atoms with Gasteiger partial charge in [0.15, 0.2) is 0 Å². The Balaban J connectivity index is 1.69. The Hall–Kier alpha value is -1.75. The maximum Gasteiger partial charge on any atom is 0.317 e. The predicted molar refractivity (Wildman–Crippen MR) is 78.9 cm³/mol. The van der Waals surface area contributed by atoms with Gasteiger partial charge in [0.25, 0.3) is 0 Å². The minimum Gasteiger partial charge on any atom is -0.508 e. The summed E-state index contributed by atoms with van der Waals surface area (Å²) in [6.07, 6.45) is 0.779. The smallest absolute Gasteiger partial charge is 0.317 e. The van der Waals surface area contributed by atoms with Gasteiger partial charge in [-0.3, -0.25) is 0 Å². The van der Waals surface area contributed by atoms with E-state index < -0.39 is 0 Å². The lowest BCUT2D eigenvalue weighted by atomic mass is 10.1. The number of nitrogens with zero attached hydrogens (tertiary/aromatic N) is 2. The van der Waals surface area contributed by atoms with Crippen LogP contribution in [0.25, 0.3) is 0 Å². The number of nitrogens with one attached hydrogen (secondary N) is 1. The molecule has 0 spiro atoms. The zero-order chi connectivity index (χ0) is 14.4. The number of phenols is 1. The van der Waals surface area contributed by atoms with Gasteiger partial charge in [-0.2, -0.15) is 0 Å². The van der Waals surface area contributed by atoms with E-state index in [1.807, 2.05) is 17.0 Å². The molecule has 5 nitrogen and oxygen atoms in total. The van der Waals surface area contributed by atoms with E-state index in [0.29, 0.717) is 6.54 Å². The summed E-state index contributed by atoms with van der Waals surface area (Å²) >= 11 is 0. The van der Waals surface area contributed by atoms with Gasteiger partial charge in [-0.25, -0.2) is 4.79 Å². The van der Waals surface area contributed by atoms with Crippen LogP contribution in [-0.4, -0.2) is 60.2 Å². The zero-order valence-corrected chi connectivity index (χ0v) is 12.0. The van der Waals surface area contributed by atoms with Crippen LogP contribution in [0, 0.1) is 0 Å². The Labute approximate surface area is 120 Å². The minimum atomic E-state index is 0.0273. The van der Waals surface area contributed by atoms with Crippen molar-refractivity contribution in [3.8, 4) is 5.75 Å². The van der Waals surface area contributed by atoms with Crippen LogP contribution in [0.4, 0.5) is 4.79 Å². The van der Waals surface area contributed by atoms with E-state index in [1.54, 1.807) is 12.1 Å². The molecule has 0 aliphatic carbocycles. The second-order valence-electron chi connectivity index (χ2n) is 5.07. The van der Waals surface area contributed by atoms with Crippen LogP contribution in [0.2, 0.25) is 0 Å². The third-order valence-electron chi connectivity index (χ3n) is 3.73. The van der Waals surface area contributed by atoms with Crippen LogP contribution in [0.15, 0.2) is 24.3 Å². The highest BCUT2D eigenvalue weighted by Crippen LogP contribution is 2.09. The molecule has 1 saturated heterocycles. The van der Waals surface area contributed by atoms with Gasteiger partial charge in [-0.05, 0) is 30.7 Å². The quantitative estimate of drug-likeness (QED) is 0.872. The summed E-state index contributed by atoms with van der Waals surface area (Å²) in [6.45, 7) is 7.35. The Morgan fingerprint density at radius 1 is 1.20 bits per heavy atom. The van der Waals surface area contributed by atoms with Gasteiger partial charge in [0.1, 0.15) is 5.75 Å². The minimum absolute atomic E-state index is 0.0273. The Kier molecular flexibility index (Phi) is 5.24. The molecule has 110 valence electrons. The number of urea groups is 1. The molecule has 0 radical (unpaired) electrons. The maximum absolute atomic E-state index is 12.0. The molecule has 0 saturated carbocycles. The monoisotopic (exact) mass is 277 g/mol. The fourth-order valence-electron chi connectivity index (χ4n) is 2.36. The fourth-order valence-corrected chi connectivity index (χ4v) is 2.36. The molecule has 2 rings (SSSR count). The number of piperazine rings is 1. The van der Waals surface area contributed by atoms with Crippen molar-refractivity contribution in [3.05, 3.63) is 29.8 Å². The average Bonchev–Trinajstić information content (AvgIpc) is 2.49. The highest BCUT2D eigenvalue weighted by molar-refractivity contribution is 5.74. The summed E-state index contributed by atoms with van der Waals surface area (Å²) in [7, 11) is 0. The SMILES string of the molecule is CCN1CCN(C(=O)NCCc2ccc(O)cc2)CC1. The number of carbonyl (C=O) groups excluding carboxylic acids is 1. The molecule has 2 amide bonds. The average molecular weight is 277 g/mol. The van der Waals surface area contributed by atoms with Gasteiger partial charge in [0.05, 0.1) is 0 Å². The zero-order valence-electron chi connectivity index (χ0n) is 12.0. The number of hydrogen-bond donors (Lipinski definition) is 2. The van der Waals surface area contributed by atoms with E-state index >= 15 is 0 Å². The van der Waals surface area contributed by atoms with Crippen LogP contribution >= 0.6 is 0 Å². The van der Waals surface area contributed by atoms with Gasteiger partial charge in [-0.1, -0.05) is 19.1 Å². The summed E-state index contributed by atoms with van der Waals surface area (Å²) in [5, 5.41) is 12.2. The van der Waals surface area contributed by atoms with Crippen molar-refractivity contribution in [3.63, 3.8) is 0 Å². The molecule has 5 heteroatoms. The first-order chi connectivity index (χ1) is 9.69. The second-order valence-corrected chi connectivity index (χ2v) is 5.07. The lowest BCUT2D eigenvalue weighted by Crippen LogP contribution is -2.51. The molecule has 1 aromatic carbocycles. The Morgan fingerprint density at radius 3 is 2.45 bits per heavy atom. The number of phenolic OH excluding ortho intramolecular Hbond substituents is 1. The summed E-state index contributed by atoms with van der Waals surface area (Å²) < 4.78 is 0. The van der Waals surface area contributed by atoms with Crippen molar-refractivity contribution in [1.29, 1.82) is 0 Å². The number of amides is 2. The van der Waals surface area contributed by atoms with E-state index in [0.717, 1.165) is 44.7 Å². The normalized spacial score (nSPS) is 16.1. The number of rotatable bonds is 4. The molecule has 1 heterocycles. The molecule has 20 heavy (non-hydrogen) atoms. The number of hydrogen-bond acceptors (Lipinski definition) is 3. The van der Waals surface area contributed by atoms with Crippen molar-refractivity contribution >= 4 is 6.03 Å². The van der Waals surface area contributed by atoms with Crippen LogP contribution in [0.3, 0.4) is 0 Å². The largest absolute Gasteiger partial charge is 0.508 e. The van der Waals surface area contributed by atoms with Gasteiger partial charge < -0.3 is 20.2 Å². The predicted octanol–water partition coefficient (Wildman–Crippen LogP) is 1.28. The summed E-state index contributed by atoms with van der Waals surface area (Å²) in [5.41, 5.74) is 1.11. The molecule has 1 aromatic rings. The van der Waals surface area contributed by atoms with Crippen LogP contribution in [0.1, 0.15) is 12.5 Å². The van der Waals surface area contributed by atoms with Gasteiger partial charge in [0.2, 0.25) is 0 Å². The van der Waals surface area contributed by atoms with Crippen molar-refractivity contribution in [2.75, 3.05) is 39.3 Å². The van der Waals surface area contributed by atoms with Crippen molar-refractivity contribution in [2.45, 2.75) is 13.3 Å².